The lowest BCUT2D eigenvalue weighted by atomic mass is 9.84. The van der Waals surface area contributed by atoms with Crippen LogP contribution >= 0.6 is 0 Å². The minimum absolute atomic E-state index is 0.0662. The Morgan fingerprint density at radius 3 is 2.55 bits per heavy atom. The molecule has 2 saturated heterocycles. The van der Waals surface area contributed by atoms with Gasteiger partial charge in [0.15, 0.2) is 17.6 Å². The van der Waals surface area contributed by atoms with Crippen LogP contribution in [0.25, 0.3) is 11.1 Å². The number of nitrogens with zero attached hydrogens (tertiary/aromatic N) is 4. The zero-order chi connectivity index (χ0) is 28.4. The third-order valence-electron chi connectivity index (χ3n) is 8.21. The number of guanidine groups is 2. The quantitative estimate of drug-likeness (QED) is 0.193. The minimum Gasteiger partial charge on any atom is -0.370 e. The molecular formula is C27H30N8O5. The van der Waals surface area contributed by atoms with Gasteiger partial charge in [-0.15, -0.1) is 0 Å². The Kier molecular flexibility index (Phi) is 5.82. The molecule has 13 nitrogen and oxygen atoms in total. The van der Waals surface area contributed by atoms with Gasteiger partial charge in [0.2, 0.25) is 17.6 Å². The lowest BCUT2D eigenvalue weighted by molar-refractivity contribution is -0.230. The summed E-state index contributed by atoms with van der Waals surface area (Å²) in [6, 6.07) is 11.7. The fraction of sp³-hybridized carbons (Fsp3) is 0.370. The summed E-state index contributed by atoms with van der Waals surface area (Å²) in [5.74, 6) is -4.00. The highest BCUT2D eigenvalue weighted by Gasteiger charge is 2.73. The third-order valence-corrected chi connectivity index (χ3v) is 8.21. The lowest BCUT2D eigenvalue weighted by Crippen LogP contribution is -2.78. The van der Waals surface area contributed by atoms with Crippen LogP contribution in [0.4, 0.5) is 0 Å². The Labute approximate surface area is 229 Å². The van der Waals surface area contributed by atoms with E-state index in [1.807, 2.05) is 37.3 Å². The van der Waals surface area contributed by atoms with Gasteiger partial charge in [0, 0.05) is 24.9 Å². The summed E-state index contributed by atoms with van der Waals surface area (Å²) < 4.78 is 0. The molecule has 4 aliphatic heterocycles. The average Bonchev–Trinajstić information content (AvgIpc) is 3.52. The number of amides is 3. The maximum Gasteiger partial charge on any atom is 0.251 e. The molecule has 0 bridgehead atoms. The molecule has 208 valence electrons. The normalized spacial score (nSPS) is 28.5. The Morgan fingerprint density at radius 2 is 1.82 bits per heavy atom. The first-order chi connectivity index (χ1) is 19.0. The highest BCUT2D eigenvalue weighted by Crippen LogP contribution is 2.45. The second kappa shape index (κ2) is 9.03. The van der Waals surface area contributed by atoms with Gasteiger partial charge in [-0.1, -0.05) is 36.4 Å². The summed E-state index contributed by atoms with van der Waals surface area (Å²) in [5, 5.41) is 28.9. The smallest absolute Gasteiger partial charge is 0.251 e. The standard InChI is InChI=1S/C27H30N8O5/c1-14-5-2-3-8-17(14)15-6-4-7-16(11-15)23(38)31-19-13-35-25(29)30-18(12-34-20(36)9-10-21(34)37)22-26(35,27(19,39)40)33-24(28)32-22/h2-8,11,18-19,22,39-40H,9-10,12-13H2,1H3,(H2,29,30)(H,31,38)(H3,28,32,33)/t18-,19?,22-,26-/m0/s1. The summed E-state index contributed by atoms with van der Waals surface area (Å²) in [6.07, 6.45) is 0.193. The number of nitrogens with one attached hydrogen (secondary N) is 2. The predicted octanol–water partition coefficient (Wildman–Crippen LogP) is -1.41. The molecule has 2 aromatic rings. The van der Waals surface area contributed by atoms with Gasteiger partial charge < -0.3 is 37.2 Å². The number of hydrogen-bond acceptors (Lipinski definition) is 11. The van der Waals surface area contributed by atoms with Gasteiger partial charge in [-0.2, -0.15) is 0 Å². The van der Waals surface area contributed by atoms with Crippen LogP contribution in [-0.2, 0) is 9.59 Å². The van der Waals surface area contributed by atoms with E-state index in [1.54, 1.807) is 18.2 Å². The van der Waals surface area contributed by atoms with Crippen LogP contribution in [0.15, 0.2) is 58.5 Å². The molecule has 4 aliphatic rings. The number of carbonyl (C=O) groups excluding carboxylic acids is 3. The van der Waals surface area contributed by atoms with Crippen molar-refractivity contribution in [3.05, 3.63) is 59.7 Å². The van der Waals surface area contributed by atoms with E-state index in [4.69, 9.17) is 11.5 Å². The molecule has 13 heteroatoms. The Morgan fingerprint density at radius 1 is 1.10 bits per heavy atom. The van der Waals surface area contributed by atoms with Crippen LogP contribution in [0.5, 0.6) is 0 Å². The molecule has 1 spiro atoms. The van der Waals surface area contributed by atoms with E-state index in [9.17, 15) is 24.6 Å². The average molecular weight is 547 g/mol. The van der Waals surface area contributed by atoms with Gasteiger partial charge in [-0.3, -0.25) is 19.3 Å². The van der Waals surface area contributed by atoms with Crippen molar-refractivity contribution in [2.45, 2.75) is 49.3 Å². The maximum atomic E-state index is 13.4. The first-order valence-electron chi connectivity index (χ1n) is 13.0. The molecule has 3 amide bonds. The van der Waals surface area contributed by atoms with E-state index in [1.165, 1.54) is 4.90 Å². The number of benzene rings is 2. The van der Waals surface area contributed by atoms with E-state index in [-0.39, 0.29) is 49.7 Å². The molecule has 1 unspecified atom stereocenters. The monoisotopic (exact) mass is 546 g/mol. The highest BCUT2D eigenvalue weighted by molar-refractivity contribution is 6.02. The number of rotatable bonds is 5. The number of carbonyl (C=O) groups is 3. The zero-order valence-corrected chi connectivity index (χ0v) is 21.7. The van der Waals surface area contributed by atoms with Crippen molar-refractivity contribution in [2.75, 3.05) is 13.1 Å². The van der Waals surface area contributed by atoms with E-state index in [0.717, 1.165) is 21.6 Å². The number of aryl methyl sites for hydroxylation is 1. The largest absolute Gasteiger partial charge is 0.370 e. The molecule has 0 saturated carbocycles. The van der Waals surface area contributed by atoms with Crippen LogP contribution in [0.2, 0.25) is 0 Å². The molecule has 40 heavy (non-hydrogen) atoms. The molecule has 8 N–H and O–H groups in total. The van der Waals surface area contributed by atoms with Crippen molar-refractivity contribution in [1.29, 1.82) is 0 Å². The van der Waals surface area contributed by atoms with Gasteiger partial charge in [0.25, 0.3) is 5.91 Å². The molecule has 2 fully saturated rings. The number of aliphatic hydroxyl groups is 2. The number of likely N-dealkylation sites (tertiary alicyclic amines) is 1. The van der Waals surface area contributed by atoms with Crippen molar-refractivity contribution < 1.29 is 24.6 Å². The molecule has 0 aliphatic carbocycles. The van der Waals surface area contributed by atoms with Crippen molar-refractivity contribution in [3.63, 3.8) is 0 Å². The SMILES string of the molecule is Cc1ccccc1-c1cccc(C(=O)NC2CN3C(N)=N[C@@H](CN4C(=O)CCC4=O)[C@@H]4N=C(N)N[C@@]43C2(O)O)c1. The second-order valence-corrected chi connectivity index (χ2v) is 10.6. The van der Waals surface area contributed by atoms with Crippen LogP contribution in [0, 0.1) is 6.92 Å². The predicted molar refractivity (Wildman–Crippen MR) is 144 cm³/mol. The van der Waals surface area contributed by atoms with Crippen LogP contribution in [0.3, 0.4) is 0 Å². The zero-order valence-electron chi connectivity index (χ0n) is 21.7. The van der Waals surface area contributed by atoms with Gasteiger partial charge in [-0.25, -0.2) is 9.98 Å². The van der Waals surface area contributed by atoms with Crippen LogP contribution < -0.4 is 22.1 Å². The van der Waals surface area contributed by atoms with Gasteiger partial charge in [0.05, 0.1) is 12.6 Å². The number of aliphatic imine (C=N–C) groups is 2. The summed E-state index contributed by atoms with van der Waals surface area (Å²) in [4.78, 5) is 49.3. The van der Waals surface area contributed by atoms with Crippen molar-refractivity contribution in [2.24, 2.45) is 21.5 Å². The molecule has 4 atom stereocenters. The Balaban J connectivity index is 1.29. The lowest BCUT2D eigenvalue weighted by Gasteiger charge is -2.49. The third kappa shape index (κ3) is 3.72. The molecule has 0 radical (unpaired) electrons. The summed E-state index contributed by atoms with van der Waals surface area (Å²) in [5.41, 5.74) is 13.7. The van der Waals surface area contributed by atoms with Crippen molar-refractivity contribution >= 4 is 29.6 Å². The maximum absolute atomic E-state index is 13.4. The molecule has 6 rings (SSSR count). The number of nitrogens with two attached hydrogens (primary N) is 2. The minimum atomic E-state index is -2.64. The molecule has 4 heterocycles. The van der Waals surface area contributed by atoms with E-state index >= 15 is 0 Å². The van der Waals surface area contributed by atoms with Gasteiger partial charge >= 0.3 is 0 Å². The van der Waals surface area contributed by atoms with Crippen LogP contribution in [-0.4, -0.2) is 92.3 Å². The molecule has 0 aromatic heterocycles. The van der Waals surface area contributed by atoms with E-state index in [2.05, 4.69) is 20.6 Å². The number of hydrogen-bond donors (Lipinski definition) is 6. The Bertz CT molecular complexity index is 1470. The molecule has 2 aromatic carbocycles. The van der Waals surface area contributed by atoms with Gasteiger partial charge in [-0.05, 0) is 35.7 Å². The fourth-order valence-electron chi connectivity index (χ4n) is 6.22. The Hall–Kier alpha value is -4.49. The van der Waals surface area contributed by atoms with Crippen molar-refractivity contribution in [1.82, 2.24) is 20.4 Å². The fourth-order valence-corrected chi connectivity index (χ4v) is 6.22. The van der Waals surface area contributed by atoms with E-state index in [0.29, 0.717) is 5.56 Å². The van der Waals surface area contributed by atoms with Gasteiger partial charge in [0.1, 0.15) is 12.1 Å². The topological polar surface area (TPSA) is 199 Å². The first-order valence-corrected chi connectivity index (χ1v) is 13.0. The molecular weight excluding hydrogens is 516 g/mol. The number of imide groups is 1. The summed E-state index contributed by atoms with van der Waals surface area (Å²) in [6.45, 7) is 1.72. The first kappa shape index (κ1) is 25.8. The highest BCUT2D eigenvalue weighted by atomic mass is 16.5. The van der Waals surface area contributed by atoms with E-state index < -0.39 is 35.5 Å². The van der Waals surface area contributed by atoms with Crippen molar-refractivity contribution in [3.8, 4) is 11.1 Å². The summed E-state index contributed by atoms with van der Waals surface area (Å²) in [7, 11) is 0. The summed E-state index contributed by atoms with van der Waals surface area (Å²) >= 11 is 0. The van der Waals surface area contributed by atoms with Crippen LogP contribution in [0.1, 0.15) is 28.8 Å². The second-order valence-electron chi connectivity index (χ2n) is 10.6.